The Bertz CT molecular complexity index is 997. The molecule has 3 aliphatic rings. The molecule has 0 aliphatic carbocycles. The van der Waals surface area contributed by atoms with Crippen molar-refractivity contribution in [1.82, 2.24) is 10.2 Å². The number of benzene rings is 1. The molecule has 4 rings (SSSR count). The van der Waals surface area contributed by atoms with Crippen LogP contribution in [0.15, 0.2) is 51.6 Å². The van der Waals surface area contributed by atoms with Crippen LogP contribution in [0.1, 0.15) is 37.8 Å². The molecule has 0 saturated carbocycles. The zero-order valence-electron chi connectivity index (χ0n) is 18.4. The van der Waals surface area contributed by atoms with Gasteiger partial charge >= 0.3 is 5.97 Å². The van der Waals surface area contributed by atoms with Crippen LogP contribution in [0, 0.1) is 0 Å². The van der Waals surface area contributed by atoms with Crippen molar-refractivity contribution in [3.05, 3.63) is 52.2 Å². The zero-order chi connectivity index (χ0) is 22.7. The summed E-state index contributed by atoms with van der Waals surface area (Å²) in [4.78, 5) is 32.1. The molecule has 0 spiro atoms. The number of ether oxygens (including phenoxy) is 3. The van der Waals surface area contributed by atoms with Gasteiger partial charge in [0.1, 0.15) is 5.75 Å². The number of hydrogen-bond donors (Lipinski definition) is 1. The number of nitrogens with zero attached hydrogens (tertiary/aromatic N) is 2. The second-order valence-corrected chi connectivity index (χ2v) is 8.58. The van der Waals surface area contributed by atoms with Crippen LogP contribution in [0.4, 0.5) is 0 Å². The van der Waals surface area contributed by atoms with Crippen LogP contribution in [0.2, 0.25) is 0 Å². The van der Waals surface area contributed by atoms with E-state index in [2.05, 4.69) is 10.3 Å². The summed E-state index contributed by atoms with van der Waals surface area (Å²) in [5, 5.41) is 5.60. The first-order chi connectivity index (χ1) is 15.5. The van der Waals surface area contributed by atoms with Gasteiger partial charge in [-0.05, 0) is 31.2 Å². The molecule has 8 nitrogen and oxygen atoms in total. The van der Waals surface area contributed by atoms with Gasteiger partial charge in [-0.2, -0.15) is 0 Å². The number of nitrogens with one attached hydrogen (secondary N) is 1. The molecule has 9 heteroatoms. The van der Waals surface area contributed by atoms with E-state index in [1.807, 2.05) is 34.6 Å². The standard InChI is InChI=1S/C23H27N3O5S/c1-14-20(22(28)30-3)21(17-8-4-5-9-18(17)29-2)26-15(13-32-23(26)25-14)11-19(27)24-12-16-7-6-10-31-16/h4-5,8-9,13,16,21H,6-7,10-12H2,1-3H3,(H,24,27)/t16-,21+/m0/s1. The SMILES string of the molecule is COC(=O)C1=C(C)N=C2SC=C(CC(=O)NC[C@@H]3CCCO3)N2[C@@H]1c1ccccc1OC. The van der Waals surface area contributed by atoms with Gasteiger partial charge in [-0.15, -0.1) is 0 Å². The van der Waals surface area contributed by atoms with Crippen LogP contribution in [0.25, 0.3) is 0 Å². The topological polar surface area (TPSA) is 89.5 Å². The van der Waals surface area contributed by atoms with Crippen LogP contribution in [0.3, 0.4) is 0 Å². The molecule has 1 aromatic rings. The minimum absolute atomic E-state index is 0.0795. The molecule has 1 aromatic carbocycles. The molecule has 1 fully saturated rings. The quantitative estimate of drug-likeness (QED) is 0.629. The highest BCUT2D eigenvalue weighted by atomic mass is 32.2. The summed E-state index contributed by atoms with van der Waals surface area (Å²) >= 11 is 1.44. The Labute approximate surface area is 191 Å². The highest BCUT2D eigenvalue weighted by Crippen LogP contribution is 2.46. The maximum Gasteiger partial charge on any atom is 0.338 e. The smallest absolute Gasteiger partial charge is 0.338 e. The van der Waals surface area contributed by atoms with Crippen LogP contribution >= 0.6 is 11.8 Å². The molecule has 0 aromatic heterocycles. The van der Waals surface area contributed by atoms with Crippen molar-refractivity contribution in [3.63, 3.8) is 0 Å². The Hall–Kier alpha value is -2.78. The summed E-state index contributed by atoms with van der Waals surface area (Å²) < 4.78 is 16.3. The second-order valence-electron chi connectivity index (χ2n) is 7.74. The Kier molecular flexibility index (Phi) is 6.86. The molecular weight excluding hydrogens is 430 g/mol. The first-order valence-corrected chi connectivity index (χ1v) is 11.5. The molecule has 1 saturated heterocycles. The number of amides is 1. The number of methoxy groups -OCH3 is 2. The number of rotatable bonds is 7. The molecule has 170 valence electrons. The number of fused-ring (bicyclic) bond motifs is 1. The molecule has 1 N–H and O–H groups in total. The van der Waals surface area contributed by atoms with E-state index in [-0.39, 0.29) is 18.4 Å². The van der Waals surface area contributed by atoms with Gasteiger partial charge in [0.25, 0.3) is 0 Å². The predicted molar refractivity (Wildman–Crippen MR) is 122 cm³/mol. The third-order valence-corrected chi connectivity index (χ3v) is 6.62. The lowest BCUT2D eigenvalue weighted by molar-refractivity contribution is -0.136. The van der Waals surface area contributed by atoms with Gasteiger partial charge in [0.2, 0.25) is 5.91 Å². The number of carbonyl (C=O) groups is 2. The van der Waals surface area contributed by atoms with Crippen LogP contribution < -0.4 is 10.1 Å². The Balaban J connectivity index is 1.63. The number of carbonyl (C=O) groups excluding carboxylic acids is 2. The van der Waals surface area contributed by atoms with Gasteiger partial charge in [0, 0.05) is 24.4 Å². The second kappa shape index (κ2) is 9.79. The highest BCUT2D eigenvalue weighted by Gasteiger charge is 2.42. The van der Waals surface area contributed by atoms with Crippen molar-refractivity contribution in [3.8, 4) is 5.75 Å². The van der Waals surface area contributed by atoms with Crippen LogP contribution in [0.5, 0.6) is 5.75 Å². The van der Waals surface area contributed by atoms with E-state index < -0.39 is 12.0 Å². The van der Waals surface area contributed by atoms with Gasteiger partial charge in [-0.25, -0.2) is 9.79 Å². The van der Waals surface area contributed by atoms with E-state index in [4.69, 9.17) is 14.2 Å². The largest absolute Gasteiger partial charge is 0.496 e. The number of para-hydroxylation sites is 1. The lowest BCUT2D eigenvalue weighted by Gasteiger charge is -2.36. The molecule has 1 amide bonds. The van der Waals surface area contributed by atoms with E-state index in [1.54, 1.807) is 14.0 Å². The van der Waals surface area contributed by atoms with Crippen molar-refractivity contribution >= 4 is 28.8 Å². The summed E-state index contributed by atoms with van der Waals surface area (Å²) in [6.45, 7) is 3.05. The van der Waals surface area contributed by atoms with E-state index in [0.717, 1.165) is 30.7 Å². The number of allylic oxidation sites excluding steroid dienone is 1. The van der Waals surface area contributed by atoms with Crippen molar-refractivity contribution in [2.45, 2.75) is 38.3 Å². The van der Waals surface area contributed by atoms with E-state index in [1.165, 1.54) is 18.9 Å². The average molecular weight is 458 g/mol. The van der Waals surface area contributed by atoms with Gasteiger partial charge in [0.05, 0.1) is 44.1 Å². The Morgan fingerprint density at radius 3 is 2.84 bits per heavy atom. The first kappa shape index (κ1) is 22.4. The lowest BCUT2D eigenvalue weighted by Crippen LogP contribution is -2.38. The molecule has 2 atom stereocenters. The fourth-order valence-electron chi connectivity index (χ4n) is 4.19. The van der Waals surface area contributed by atoms with Crippen molar-refractivity contribution in [2.75, 3.05) is 27.4 Å². The fraction of sp³-hybridized carbons (Fsp3) is 0.435. The number of aliphatic imine (C=N–C) groups is 1. The highest BCUT2D eigenvalue weighted by molar-refractivity contribution is 8.16. The van der Waals surface area contributed by atoms with Gasteiger partial charge in [-0.3, -0.25) is 4.79 Å². The van der Waals surface area contributed by atoms with Crippen LogP contribution in [-0.4, -0.2) is 55.4 Å². The van der Waals surface area contributed by atoms with Gasteiger partial charge in [0.15, 0.2) is 5.17 Å². The summed E-state index contributed by atoms with van der Waals surface area (Å²) in [7, 11) is 2.95. The number of thioether (sulfide) groups is 1. The molecule has 0 unspecified atom stereocenters. The monoisotopic (exact) mass is 457 g/mol. The van der Waals surface area contributed by atoms with Crippen molar-refractivity contribution in [2.24, 2.45) is 4.99 Å². The number of hydrogen-bond acceptors (Lipinski definition) is 8. The maximum absolute atomic E-state index is 12.8. The lowest BCUT2D eigenvalue weighted by atomic mass is 9.93. The minimum Gasteiger partial charge on any atom is -0.496 e. The fourth-order valence-corrected chi connectivity index (χ4v) is 5.15. The normalized spacial score (nSPS) is 22.3. The van der Waals surface area contributed by atoms with Crippen molar-refractivity contribution < 1.29 is 23.8 Å². The molecule has 3 heterocycles. The number of esters is 1. The maximum atomic E-state index is 12.8. The zero-order valence-corrected chi connectivity index (χ0v) is 19.2. The van der Waals surface area contributed by atoms with E-state index in [9.17, 15) is 9.59 Å². The minimum atomic E-state index is -0.515. The summed E-state index contributed by atoms with van der Waals surface area (Å²) in [6, 6.07) is 7.03. The number of amidine groups is 1. The van der Waals surface area contributed by atoms with Gasteiger partial charge in [-0.1, -0.05) is 30.0 Å². The summed E-state index contributed by atoms with van der Waals surface area (Å²) in [5.74, 6) is 0.0885. The molecule has 32 heavy (non-hydrogen) atoms. The predicted octanol–water partition coefficient (Wildman–Crippen LogP) is 3.13. The summed E-state index contributed by atoms with van der Waals surface area (Å²) in [6.07, 6.45) is 2.23. The molecule has 0 bridgehead atoms. The van der Waals surface area contributed by atoms with Crippen molar-refractivity contribution in [1.29, 1.82) is 0 Å². The third-order valence-electron chi connectivity index (χ3n) is 5.73. The van der Waals surface area contributed by atoms with E-state index >= 15 is 0 Å². The van der Waals surface area contributed by atoms with Crippen LogP contribution in [-0.2, 0) is 19.1 Å². The molecule has 0 radical (unpaired) electrons. The molecule has 3 aliphatic heterocycles. The van der Waals surface area contributed by atoms with E-state index in [0.29, 0.717) is 28.7 Å². The molecular formula is C23H27N3O5S. The average Bonchev–Trinajstić information content (AvgIpc) is 3.46. The van der Waals surface area contributed by atoms with Gasteiger partial charge < -0.3 is 24.4 Å². The Morgan fingerprint density at radius 2 is 2.12 bits per heavy atom. The third kappa shape index (κ3) is 4.40. The Morgan fingerprint density at radius 1 is 1.31 bits per heavy atom. The first-order valence-electron chi connectivity index (χ1n) is 10.6. The summed E-state index contributed by atoms with van der Waals surface area (Å²) in [5.41, 5.74) is 2.58.